The van der Waals surface area contributed by atoms with Crippen molar-refractivity contribution in [3.63, 3.8) is 0 Å². The van der Waals surface area contributed by atoms with Gasteiger partial charge in [0.05, 0.1) is 6.04 Å². The van der Waals surface area contributed by atoms with Gasteiger partial charge in [0.25, 0.3) is 5.91 Å². The van der Waals surface area contributed by atoms with Gasteiger partial charge in [0.15, 0.2) is 0 Å². The molecule has 2 atom stereocenters. The molecule has 11 heteroatoms. The summed E-state index contributed by atoms with van der Waals surface area (Å²) < 4.78 is 26.7. The van der Waals surface area contributed by atoms with E-state index in [1.54, 1.807) is 23.1 Å². The van der Waals surface area contributed by atoms with Gasteiger partial charge in [-0.3, -0.25) is 24.5 Å². The fraction of sp³-hybridized carbons (Fsp3) is 0.455. The Morgan fingerprint density at radius 2 is 1.89 bits per heavy atom. The smallest absolute Gasteiger partial charge is 0.255 e. The lowest BCUT2D eigenvalue weighted by Gasteiger charge is -2.33. The van der Waals surface area contributed by atoms with Gasteiger partial charge in [-0.05, 0) is 86.7 Å². The molecular weight excluding hydrogens is 582 g/mol. The van der Waals surface area contributed by atoms with Crippen LogP contribution in [0.3, 0.4) is 0 Å². The van der Waals surface area contributed by atoms with Crippen molar-refractivity contribution in [2.75, 3.05) is 26.4 Å². The number of nitrogens with zero attached hydrogens (tertiary/aromatic N) is 2. The maximum Gasteiger partial charge on any atom is 0.255 e. The van der Waals surface area contributed by atoms with E-state index in [-0.39, 0.29) is 35.9 Å². The molecule has 0 spiro atoms. The van der Waals surface area contributed by atoms with Crippen molar-refractivity contribution in [1.82, 2.24) is 15.1 Å². The second-order valence-corrected chi connectivity index (χ2v) is 15.5. The Labute approximate surface area is 257 Å². The molecule has 232 valence electrons. The van der Waals surface area contributed by atoms with Crippen molar-refractivity contribution in [3.05, 3.63) is 64.5 Å². The van der Waals surface area contributed by atoms with E-state index in [4.69, 9.17) is 5.73 Å². The van der Waals surface area contributed by atoms with Crippen molar-refractivity contribution in [2.45, 2.75) is 63.6 Å². The molecule has 2 fully saturated rings. The molecule has 0 aliphatic carbocycles. The third-order valence-corrected chi connectivity index (χ3v) is 10.3. The highest BCUT2D eigenvalue weighted by Gasteiger charge is 2.39. The van der Waals surface area contributed by atoms with Crippen molar-refractivity contribution in [1.29, 1.82) is 0 Å². The number of piperidine rings is 2. The molecule has 3 aliphatic rings. The van der Waals surface area contributed by atoms with E-state index in [0.29, 0.717) is 49.5 Å². The Bertz CT molecular complexity index is 1600. The number of hydrogen-bond acceptors (Lipinski definition) is 6. The molecule has 0 saturated carbocycles. The maximum atomic E-state index is 14.4. The molecule has 3 aliphatic heterocycles. The number of nitrogens with one attached hydrogen (secondary N) is 1. The molecule has 44 heavy (non-hydrogen) atoms. The Balaban J connectivity index is 1.10. The number of benzene rings is 2. The predicted molar refractivity (Wildman–Crippen MR) is 165 cm³/mol. The topological polar surface area (TPSA) is 130 Å². The highest BCUT2D eigenvalue weighted by molar-refractivity contribution is 7.70. The molecule has 0 radical (unpaired) electrons. The van der Waals surface area contributed by atoms with Crippen LogP contribution in [0, 0.1) is 23.6 Å². The number of halogens is 1. The monoisotopic (exact) mass is 620 g/mol. The van der Waals surface area contributed by atoms with E-state index in [2.05, 4.69) is 17.2 Å². The lowest BCUT2D eigenvalue weighted by atomic mass is 9.91. The van der Waals surface area contributed by atoms with Gasteiger partial charge in [-0.15, -0.1) is 0 Å². The normalized spacial score (nSPS) is 19.7. The number of fused-ring (bicyclic) bond motifs is 1. The molecule has 5 rings (SSSR count). The van der Waals surface area contributed by atoms with E-state index in [1.807, 2.05) is 6.07 Å². The highest BCUT2D eigenvalue weighted by atomic mass is 31.2. The minimum absolute atomic E-state index is 0.150. The zero-order valence-electron chi connectivity index (χ0n) is 25.1. The van der Waals surface area contributed by atoms with Crippen LogP contribution in [0.1, 0.15) is 65.6 Å². The van der Waals surface area contributed by atoms with Crippen LogP contribution >= 0.6 is 7.14 Å². The number of carbonyl (C=O) groups excluding carboxylic acids is 4. The van der Waals surface area contributed by atoms with Crippen molar-refractivity contribution in [3.8, 4) is 11.8 Å². The molecule has 2 aromatic carbocycles. The van der Waals surface area contributed by atoms with Crippen molar-refractivity contribution in [2.24, 2.45) is 11.7 Å². The van der Waals surface area contributed by atoms with E-state index in [9.17, 15) is 28.1 Å². The number of nitrogens with two attached hydrogens (primary N) is 1. The van der Waals surface area contributed by atoms with Crippen molar-refractivity contribution >= 4 is 36.1 Å². The summed E-state index contributed by atoms with van der Waals surface area (Å²) in [6.45, 7) is 4.55. The van der Waals surface area contributed by atoms with E-state index in [0.717, 1.165) is 30.4 Å². The molecule has 9 nitrogen and oxygen atoms in total. The second-order valence-electron chi connectivity index (χ2n) is 12.3. The van der Waals surface area contributed by atoms with Gasteiger partial charge < -0.3 is 20.1 Å². The van der Waals surface area contributed by atoms with Crippen molar-refractivity contribution < 1.29 is 28.1 Å². The molecule has 0 aromatic heterocycles. The Hall–Kier alpha value is -3.80. The van der Waals surface area contributed by atoms with Gasteiger partial charge in [0.2, 0.25) is 17.7 Å². The van der Waals surface area contributed by atoms with Crippen LogP contribution in [0.5, 0.6) is 0 Å². The molecule has 1 unspecified atom stereocenters. The Morgan fingerprint density at radius 3 is 2.57 bits per heavy atom. The average Bonchev–Trinajstić information content (AvgIpc) is 3.31. The molecule has 3 heterocycles. The number of carbonyl (C=O) groups is 4. The number of amides is 4. The molecule has 4 amide bonds. The van der Waals surface area contributed by atoms with E-state index in [1.165, 1.54) is 30.4 Å². The molecule has 3 N–H and O–H groups in total. The van der Waals surface area contributed by atoms with Crippen LogP contribution in [0.2, 0.25) is 0 Å². The first kappa shape index (κ1) is 31.6. The van der Waals surface area contributed by atoms with Gasteiger partial charge in [-0.2, -0.15) is 0 Å². The largest absolute Gasteiger partial charge is 0.341 e. The Kier molecular flexibility index (Phi) is 9.38. The van der Waals surface area contributed by atoms with Crippen LogP contribution in [0.15, 0.2) is 36.4 Å². The van der Waals surface area contributed by atoms with Gasteiger partial charge in [-0.1, -0.05) is 24.0 Å². The van der Waals surface area contributed by atoms with Gasteiger partial charge in [0.1, 0.15) is 19.0 Å². The van der Waals surface area contributed by atoms with Gasteiger partial charge >= 0.3 is 0 Å². The van der Waals surface area contributed by atoms with Crippen LogP contribution in [0.4, 0.5) is 4.39 Å². The summed E-state index contributed by atoms with van der Waals surface area (Å²) in [5.41, 5.74) is 8.94. The first-order valence-electron chi connectivity index (χ1n) is 15.1. The van der Waals surface area contributed by atoms with Crippen LogP contribution in [-0.2, 0) is 31.9 Å². The Morgan fingerprint density at radius 1 is 1.14 bits per heavy atom. The number of rotatable bonds is 7. The molecular formula is C33H38FN4O5P. The number of likely N-dealkylation sites (tertiary alicyclic amines) is 1. The third kappa shape index (κ3) is 6.95. The van der Waals surface area contributed by atoms with Gasteiger partial charge in [0, 0.05) is 48.9 Å². The fourth-order valence-electron chi connectivity index (χ4n) is 6.27. The minimum atomic E-state index is -2.72. The van der Waals surface area contributed by atoms with E-state index >= 15 is 0 Å². The average molecular weight is 621 g/mol. The summed E-state index contributed by atoms with van der Waals surface area (Å²) in [4.78, 5) is 53.2. The minimum Gasteiger partial charge on any atom is -0.341 e. The fourth-order valence-corrected chi connectivity index (χ4v) is 7.28. The zero-order valence-corrected chi connectivity index (χ0v) is 26.0. The second kappa shape index (κ2) is 13.1. The van der Waals surface area contributed by atoms with E-state index < -0.39 is 30.9 Å². The van der Waals surface area contributed by atoms with Crippen LogP contribution in [-0.4, -0.2) is 71.9 Å². The molecule has 2 aromatic rings. The number of hydrogen-bond donors (Lipinski definition) is 2. The zero-order chi connectivity index (χ0) is 31.6. The first-order chi connectivity index (χ1) is 20.9. The van der Waals surface area contributed by atoms with Gasteiger partial charge in [-0.25, -0.2) is 4.39 Å². The summed E-state index contributed by atoms with van der Waals surface area (Å²) in [7, 11) is -2.72. The predicted octanol–water partition coefficient (Wildman–Crippen LogP) is 2.78. The molecule has 0 bridgehead atoms. The summed E-state index contributed by atoms with van der Waals surface area (Å²) in [6, 6.07) is 8.54. The summed E-state index contributed by atoms with van der Waals surface area (Å²) in [6.07, 6.45) is 4.01. The SMILES string of the molecule is CP(C)(=O)c1ccc(C[C@H](N)C(=O)N2CCC(CCC#Cc3cccc4c3CN(C3CCC(=O)NC3=O)C4=O)CC2)cc1F. The summed E-state index contributed by atoms with van der Waals surface area (Å²) in [5, 5.41) is 2.53. The maximum absolute atomic E-state index is 14.4. The highest BCUT2D eigenvalue weighted by Crippen LogP contribution is 2.36. The molecule has 2 saturated heterocycles. The lowest BCUT2D eigenvalue weighted by molar-refractivity contribution is -0.137. The standard InChI is InChI=1S/C33H38FN4O5P/c1-44(2,43)29-12-10-22(18-26(29)34)19-27(35)33(42)37-16-14-21(15-17-37)6-3-4-7-23-8-5-9-24-25(23)20-38(32(24)41)28-11-13-30(39)36-31(28)40/h5,8-10,12,18,21,27-28H,3,6,11,13-17,19-20,35H2,1-2H3,(H,36,39,40)/t27-,28?/m0/s1. The summed E-state index contributed by atoms with van der Waals surface area (Å²) in [5.74, 6) is 5.25. The quantitative estimate of drug-likeness (QED) is 0.278. The lowest BCUT2D eigenvalue weighted by Crippen LogP contribution is -2.52. The number of imide groups is 1. The van der Waals surface area contributed by atoms with Crippen LogP contribution in [0.25, 0.3) is 0 Å². The van der Waals surface area contributed by atoms with Crippen LogP contribution < -0.4 is 16.4 Å². The third-order valence-electron chi connectivity index (χ3n) is 8.77. The first-order valence-corrected chi connectivity index (χ1v) is 17.7. The summed E-state index contributed by atoms with van der Waals surface area (Å²) >= 11 is 0.